The van der Waals surface area contributed by atoms with Crippen LogP contribution in [0.1, 0.15) is 16.7 Å². The lowest BCUT2D eigenvalue weighted by atomic mass is 10.1. The summed E-state index contributed by atoms with van der Waals surface area (Å²) in [5.41, 5.74) is 3.31. The van der Waals surface area contributed by atoms with Gasteiger partial charge < -0.3 is 14.8 Å². The van der Waals surface area contributed by atoms with Crippen molar-refractivity contribution in [2.24, 2.45) is 4.99 Å². The summed E-state index contributed by atoms with van der Waals surface area (Å²) in [6, 6.07) is 14.2. The molecule has 2 aromatic rings. The third-order valence-electron chi connectivity index (χ3n) is 3.59. The van der Waals surface area contributed by atoms with Gasteiger partial charge in [-0.3, -0.25) is 4.99 Å². The minimum atomic E-state index is 0.502. The van der Waals surface area contributed by atoms with Gasteiger partial charge in [0.1, 0.15) is 12.4 Å². The first-order valence-corrected chi connectivity index (χ1v) is 7.42. The van der Waals surface area contributed by atoms with Gasteiger partial charge in [-0.25, -0.2) is 0 Å². The van der Waals surface area contributed by atoms with Crippen molar-refractivity contribution in [2.45, 2.75) is 13.5 Å². The van der Waals surface area contributed by atoms with Crippen LogP contribution in [0.2, 0.25) is 0 Å². The molecule has 0 aromatic heterocycles. The van der Waals surface area contributed by atoms with Gasteiger partial charge in [0.15, 0.2) is 11.5 Å². The van der Waals surface area contributed by atoms with Crippen LogP contribution in [0.4, 0.5) is 0 Å². The topological polar surface area (TPSA) is 42.8 Å². The van der Waals surface area contributed by atoms with Crippen LogP contribution in [0.3, 0.4) is 0 Å². The number of amidine groups is 1. The van der Waals surface area contributed by atoms with Crippen molar-refractivity contribution in [1.29, 1.82) is 0 Å². The SMILES string of the molecule is COc1cccc(C2=NCCN2)c1OCc1cccc(C)c1. The molecule has 114 valence electrons. The molecule has 0 saturated heterocycles. The molecule has 0 aliphatic carbocycles. The van der Waals surface area contributed by atoms with Crippen LogP contribution >= 0.6 is 0 Å². The molecule has 0 saturated carbocycles. The molecule has 0 atom stereocenters. The van der Waals surface area contributed by atoms with Crippen LogP contribution in [0.5, 0.6) is 11.5 Å². The summed E-state index contributed by atoms with van der Waals surface area (Å²) < 4.78 is 11.5. The number of ether oxygens (including phenoxy) is 2. The van der Waals surface area contributed by atoms with Crippen LogP contribution < -0.4 is 14.8 Å². The van der Waals surface area contributed by atoms with Gasteiger partial charge in [0, 0.05) is 6.54 Å². The molecule has 0 spiro atoms. The molecule has 4 heteroatoms. The van der Waals surface area contributed by atoms with Crippen molar-refractivity contribution in [3.63, 3.8) is 0 Å². The Hall–Kier alpha value is -2.49. The minimum absolute atomic E-state index is 0.502. The zero-order chi connectivity index (χ0) is 15.4. The summed E-state index contributed by atoms with van der Waals surface area (Å²) in [5.74, 6) is 2.33. The fourth-order valence-corrected chi connectivity index (χ4v) is 2.55. The third kappa shape index (κ3) is 3.06. The zero-order valence-corrected chi connectivity index (χ0v) is 12.9. The first-order chi connectivity index (χ1) is 10.8. The van der Waals surface area contributed by atoms with Crippen LogP contribution in [0.15, 0.2) is 47.5 Å². The van der Waals surface area contributed by atoms with Gasteiger partial charge in [0.2, 0.25) is 0 Å². The van der Waals surface area contributed by atoms with Crippen molar-refractivity contribution < 1.29 is 9.47 Å². The molecule has 0 amide bonds. The van der Waals surface area contributed by atoms with Gasteiger partial charge in [-0.15, -0.1) is 0 Å². The van der Waals surface area contributed by atoms with Crippen molar-refractivity contribution in [2.75, 3.05) is 20.2 Å². The lowest BCUT2D eigenvalue weighted by Gasteiger charge is -2.15. The normalized spacial score (nSPS) is 13.5. The average Bonchev–Trinajstić information content (AvgIpc) is 3.07. The largest absolute Gasteiger partial charge is 0.493 e. The van der Waals surface area contributed by atoms with E-state index in [2.05, 4.69) is 35.4 Å². The maximum absolute atomic E-state index is 6.07. The van der Waals surface area contributed by atoms with Crippen LogP contribution in [0, 0.1) is 6.92 Å². The maximum Gasteiger partial charge on any atom is 0.172 e. The molecule has 2 aromatic carbocycles. The van der Waals surface area contributed by atoms with Gasteiger partial charge in [-0.2, -0.15) is 0 Å². The van der Waals surface area contributed by atoms with E-state index >= 15 is 0 Å². The number of methoxy groups -OCH3 is 1. The van der Waals surface area contributed by atoms with Gasteiger partial charge in [-0.05, 0) is 24.6 Å². The second kappa shape index (κ2) is 6.52. The highest BCUT2D eigenvalue weighted by molar-refractivity contribution is 6.02. The molecule has 22 heavy (non-hydrogen) atoms. The van der Waals surface area contributed by atoms with Crippen molar-refractivity contribution in [1.82, 2.24) is 5.32 Å². The predicted octanol–water partition coefficient (Wildman–Crippen LogP) is 2.93. The number of aryl methyl sites for hydroxylation is 1. The fourth-order valence-electron chi connectivity index (χ4n) is 2.55. The highest BCUT2D eigenvalue weighted by Gasteiger charge is 2.17. The number of hydrogen-bond acceptors (Lipinski definition) is 4. The Morgan fingerprint density at radius 3 is 2.77 bits per heavy atom. The minimum Gasteiger partial charge on any atom is -0.493 e. The Bertz CT molecular complexity index is 695. The molecule has 1 aliphatic rings. The molecule has 0 bridgehead atoms. The Morgan fingerprint density at radius 1 is 1.18 bits per heavy atom. The molecule has 0 fully saturated rings. The summed E-state index contributed by atoms with van der Waals surface area (Å²) >= 11 is 0. The molecule has 0 unspecified atom stereocenters. The van der Waals surface area contributed by atoms with E-state index in [9.17, 15) is 0 Å². The van der Waals surface area contributed by atoms with Crippen molar-refractivity contribution in [3.05, 3.63) is 59.2 Å². The van der Waals surface area contributed by atoms with Gasteiger partial charge in [-0.1, -0.05) is 35.9 Å². The number of benzene rings is 2. The average molecular weight is 296 g/mol. The zero-order valence-electron chi connectivity index (χ0n) is 12.9. The molecular weight excluding hydrogens is 276 g/mol. The summed E-state index contributed by atoms with van der Waals surface area (Å²) in [6.07, 6.45) is 0. The van der Waals surface area contributed by atoms with E-state index in [1.165, 1.54) is 5.56 Å². The summed E-state index contributed by atoms with van der Waals surface area (Å²) in [7, 11) is 1.66. The van der Waals surface area contributed by atoms with Crippen LogP contribution in [-0.2, 0) is 6.61 Å². The molecule has 4 nitrogen and oxygen atoms in total. The Balaban J connectivity index is 1.88. The quantitative estimate of drug-likeness (QED) is 0.922. The van der Waals surface area contributed by atoms with E-state index in [0.29, 0.717) is 6.61 Å². The number of nitrogens with one attached hydrogen (secondary N) is 1. The highest BCUT2D eigenvalue weighted by Crippen LogP contribution is 2.32. The van der Waals surface area contributed by atoms with Crippen molar-refractivity contribution in [3.8, 4) is 11.5 Å². The van der Waals surface area contributed by atoms with Gasteiger partial charge in [0.05, 0.1) is 19.2 Å². The first-order valence-electron chi connectivity index (χ1n) is 7.42. The molecule has 0 radical (unpaired) electrons. The van der Waals surface area contributed by atoms with Crippen molar-refractivity contribution >= 4 is 5.84 Å². The van der Waals surface area contributed by atoms with Crippen LogP contribution in [0.25, 0.3) is 0 Å². The number of nitrogens with zero attached hydrogens (tertiary/aromatic N) is 1. The first kappa shape index (κ1) is 14.4. The Kier molecular flexibility index (Phi) is 4.28. The fraction of sp³-hybridized carbons (Fsp3) is 0.278. The van der Waals surface area contributed by atoms with Crippen LogP contribution in [-0.4, -0.2) is 26.0 Å². The van der Waals surface area contributed by atoms with E-state index in [4.69, 9.17) is 9.47 Å². The summed E-state index contributed by atoms with van der Waals surface area (Å²) in [6.45, 7) is 4.24. The Labute approximate surface area is 130 Å². The number of hydrogen-bond donors (Lipinski definition) is 1. The summed E-state index contributed by atoms with van der Waals surface area (Å²) in [4.78, 5) is 4.48. The number of rotatable bonds is 5. The van der Waals surface area contributed by atoms with E-state index in [0.717, 1.165) is 41.6 Å². The third-order valence-corrected chi connectivity index (χ3v) is 3.59. The molecular formula is C18H20N2O2. The number of para-hydroxylation sites is 1. The smallest absolute Gasteiger partial charge is 0.172 e. The molecule has 1 N–H and O–H groups in total. The van der Waals surface area contributed by atoms with E-state index in [1.54, 1.807) is 7.11 Å². The maximum atomic E-state index is 6.07. The lowest BCUT2D eigenvalue weighted by Crippen LogP contribution is -2.20. The van der Waals surface area contributed by atoms with E-state index in [1.807, 2.05) is 24.3 Å². The van der Waals surface area contributed by atoms with Gasteiger partial charge >= 0.3 is 0 Å². The van der Waals surface area contributed by atoms with E-state index < -0.39 is 0 Å². The van der Waals surface area contributed by atoms with Gasteiger partial charge in [0.25, 0.3) is 0 Å². The molecule has 1 heterocycles. The lowest BCUT2D eigenvalue weighted by molar-refractivity contribution is 0.284. The second-order valence-electron chi connectivity index (χ2n) is 5.27. The number of aliphatic imine (C=N–C) groups is 1. The molecule has 3 rings (SSSR count). The van der Waals surface area contributed by atoms with E-state index in [-0.39, 0.29) is 0 Å². The predicted molar refractivity (Wildman–Crippen MR) is 87.9 cm³/mol. The standard InChI is InChI=1S/C18H20N2O2/c1-13-5-3-6-14(11-13)12-22-17-15(18-19-9-10-20-18)7-4-8-16(17)21-2/h3-8,11H,9-10,12H2,1-2H3,(H,19,20). The second-order valence-corrected chi connectivity index (χ2v) is 5.27. The summed E-state index contributed by atoms with van der Waals surface area (Å²) in [5, 5.41) is 3.29. The monoisotopic (exact) mass is 296 g/mol. The Morgan fingerprint density at radius 2 is 2.05 bits per heavy atom. The molecule has 1 aliphatic heterocycles. The highest BCUT2D eigenvalue weighted by atomic mass is 16.5.